The van der Waals surface area contributed by atoms with E-state index in [1.54, 1.807) is 29.2 Å². The van der Waals surface area contributed by atoms with Gasteiger partial charge in [-0.25, -0.2) is 8.42 Å². The zero-order valence-electron chi connectivity index (χ0n) is 16.0. The third-order valence-electron chi connectivity index (χ3n) is 5.25. The van der Waals surface area contributed by atoms with Crippen molar-refractivity contribution >= 4 is 15.7 Å². The van der Waals surface area contributed by atoms with Crippen molar-refractivity contribution in [2.24, 2.45) is 0 Å². The molecule has 0 saturated carbocycles. The molecule has 0 radical (unpaired) electrons. The number of hydrogen-bond donors (Lipinski definition) is 0. The minimum atomic E-state index is -3.34. The molecular formula is C21H33NO3S. The first kappa shape index (κ1) is 20.9. The van der Waals surface area contributed by atoms with Crippen molar-refractivity contribution in [2.75, 3.05) is 13.1 Å². The topological polar surface area (TPSA) is 54.5 Å². The molecule has 1 aromatic carbocycles. The molecule has 1 aliphatic rings. The summed E-state index contributed by atoms with van der Waals surface area (Å²) in [6, 6.07) is 8.58. The summed E-state index contributed by atoms with van der Waals surface area (Å²) in [6.45, 7) is 3.12. The molecule has 1 aromatic rings. The van der Waals surface area contributed by atoms with Crippen molar-refractivity contribution < 1.29 is 13.2 Å². The smallest absolute Gasteiger partial charge is 0.222 e. The van der Waals surface area contributed by atoms with E-state index in [-0.39, 0.29) is 5.91 Å². The van der Waals surface area contributed by atoms with Crippen LogP contribution in [0.2, 0.25) is 0 Å². The van der Waals surface area contributed by atoms with Crippen LogP contribution in [0, 0.1) is 0 Å². The average Bonchev–Trinajstić information content (AvgIpc) is 3.15. The van der Waals surface area contributed by atoms with Crippen molar-refractivity contribution in [3.8, 4) is 0 Å². The predicted octanol–water partition coefficient (Wildman–Crippen LogP) is 4.59. The molecule has 0 spiro atoms. The van der Waals surface area contributed by atoms with Gasteiger partial charge in [0.15, 0.2) is 9.84 Å². The first-order valence-corrected chi connectivity index (χ1v) is 11.7. The highest BCUT2D eigenvalue weighted by Crippen LogP contribution is 2.24. The molecule has 0 aromatic heterocycles. The number of benzene rings is 1. The molecule has 1 unspecified atom stereocenters. The zero-order valence-corrected chi connectivity index (χ0v) is 16.8. The van der Waals surface area contributed by atoms with E-state index in [9.17, 15) is 13.2 Å². The van der Waals surface area contributed by atoms with Crippen LogP contribution in [0.3, 0.4) is 0 Å². The monoisotopic (exact) mass is 379 g/mol. The Morgan fingerprint density at radius 2 is 1.62 bits per heavy atom. The van der Waals surface area contributed by atoms with E-state index in [1.807, 2.05) is 6.07 Å². The Morgan fingerprint density at radius 1 is 1.00 bits per heavy atom. The number of likely N-dealkylation sites (tertiary alicyclic amines) is 1. The summed E-state index contributed by atoms with van der Waals surface area (Å²) in [5, 5.41) is -0.465. The van der Waals surface area contributed by atoms with Crippen LogP contribution in [0.25, 0.3) is 0 Å². The highest BCUT2D eigenvalue weighted by atomic mass is 32.2. The molecule has 1 amide bonds. The molecular weight excluding hydrogens is 346 g/mol. The molecule has 0 bridgehead atoms. The van der Waals surface area contributed by atoms with Gasteiger partial charge in [-0.05, 0) is 25.0 Å². The summed E-state index contributed by atoms with van der Waals surface area (Å²) in [6.07, 6.45) is 10.8. The normalized spacial score (nSPS) is 17.6. The molecule has 1 aliphatic heterocycles. The maximum Gasteiger partial charge on any atom is 0.222 e. The molecule has 1 heterocycles. The number of sulfone groups is 1. The minimum Gasteiger partial charge on any atom is -0.341 e. The maximum atomic E-state index is 12.7. The number of nitrogens with zero attached hydrogens (tertiary/aromatic N) is 1. The van der Waals surface area contributed by atoms with E-state index < -0.39 is 15.1 Å². The van der Waals surface area contributed by atoms with Gasteiger partial charge in [-0.3, -0.25) is 4.79 Å². The third kappa shape index (κ3) is 6.11. The molecule has 2 rings (SSSR count). The fourth-order valence-corrected chi connectivity index (χ4v) is 5.29. The van der Waals surface area contributed by atoms with Crippen LogP contribution in [-0.2, 0) is 14.6 Å². The number of carbonyl (C=O) groups is 1. The van der Waals surface area contributed by atoms with Crippen LogP contribution in [0.1, 0.15) is 71.1 Å². The number of rotatable bonds is 11. The lowest BCUT2D eigenvalue weighted by Crippen LogP contribution is -2.31. The SMILES string of the molecule is CCCCCCCCCCC(=O)N1CCC(S(=O)(=O)c2ccccc2)C1. The lowest BCUT2D eigenvalue weighted by atomic mass is 10.1. The number of hydrogen-bond acceptors (Lipinski definition) is 3. The Morgan fingerprint density at radius 3 is 2.27 bits per heavy atom. The van der Waals surface area contributed by atoms with Gasteiger partial charge in [0.25, 0.3) is 0 Å². The van der Waals surface area contributed by atoms with Crippen molar-refractivity contribution in [2.45, 2.75) is 81.3 Å². The second-order valence-corrected chi connectivity index (χ2v) is 9.56. The van der Waals surface area contributed by atoms with Crippen LogP contribution < -0.4 is 0 Å². The fraction of sp³-hybridized carbons (Fsp3) is 0.667. The molecule has 1 fully saturated rings. The van der Waals surface area contributed by atoms with E-state index in [0.717, 1.165) is 12.8 Å². The van der Waals surface area contributed by atoms with Gasteiger partial charge in [-0.1, -0.05) is 70.1 Å². The van der Waals surface area contributed by atoms with Crippen LogP contribution in [0.15, 0.2) is 35.2 Å². The van der Waals surface area contributed by atoms with Crippen LogP contribution in [0.4, 0.5) is 0 Å². The molecule has 0 N–H and O–H groups in total. The van der Waals surface area contributed by atoms with Crippen molar-refractivity contribution in [3.63, 3.8) is 0 Å². The van der Waals surface area contributed by atoms with Crippen LogP contribution in [-0.4, -0.2) is 37.6 Å². The van der Waals surface area contributed by atoms with Crippen molar-refractivity contribution in [1.82, 2.24) is 4.90 Å². The largest absolute Gasteiger partial charge is 0.341 e. The van der Waals surface area contributed by atoms with Gasteiger partial charge in [-0.15, -0.1) is 0 Å². The Labute approximate surface area is 158 Å². The first-order valence-electron chi connectivity index (χ1n) is 10.1. The Bertz CT molecular complexity index is 642. The van der Waals surface area contributed by atoms with E-state index in [0.29, 0.717) is 30.8 Å². The number of unbranched alkanes of at least 4 members (excludes halogenated alkanes) is 7. The van der Waals surface area contributed by atoms with Gasteiger partial charge in [0.1, 0.15) is 0 Å². The average molecular weight is 380 g/mol. The second kappa shape index (κ2) is 10.7. The van der Waals surface area contributed by atoms with E-state index in [4.69, 9.17) is 0 Å². The lowest BCUT2D eigenvalue weighted by molar-refractivity contribution is -0.130. The molecule has 5 heteroatoms. The number of carbonyl (C=O) groups excluding carboxylic acids is 1. The molecule has 26 heavy (non-hydrogen) atoms. The highest BCUT2D eigenvalue weighted by Gasteiger charge is 2.35. The standard InChI is InChI=1S/C21H33NO3S/c1-2-3-4-5-6-7-8-12-15-21(23)22-17-16-20(18-22)26(24,25)19-13-10-9-11-14-19/h9-11,13-14,20H,2-8,12,15-18H2,1H3. The predicted molar refractivity (Wildman–Crippen MR) is 106 cm³/mol. The molecule has 1 saturated heterocycles. The van der Waals surface area contributed by atoms with E-state index in [2.05, 4.69) is 6.92 Å². The van der Waals surface area contributed by atoms with Gasteiger partial charge in [0, 0.05) is 19.5 Å². The minimum absolute atomic E-state index is 0.113. The Kier molecular flexibility index (Phi) is 8.63. The Balaban J connectivity index is 1.69. The first-order chi connectivity index (χ1) is 12.6. The second-order valence-electron chi connectivity index (χ2n) is 7.33. The summed E-state index contributed by atoms with van der Waals surface area (Å²) in [5.74, 6) is 0.113. The van der Waals surface area contributed by atoms with Crippen LogP contribution >= 0.6 is 0 Å². The zero-order chi connectivity index (χ0) is 18.8. The molecule has 4 nitrogen and oxygen atoms in total. The molecule has 146 valence electrons. The molecule has 0 aliphatic carbocycles. The highest BCUT2D eigenvalue weighted by molar-refractivity contribution is 7.92. The summed E-state index contributed by atoms with van der Waals surface area (Å²) in [7, 11) is -3.34. The van der Waals surface area contributed by atoms with Crippen molar-refractivity contribution in [1.29, 1.82) is 0 Å². The summed E-state index contributed by atoms with van der Waals surface area (Å²) in [5.41, 5.74) is 0. The van der Waals surface area contributed by atoms with E-state index >= 15 is 0 Å². The van der Waals surface area contributed by atoms with Crippen molar-refractivity contribution in [3.05, 3.63) is 30.3 Å². The number of amides is 1. The lowest BCUT2D eigenvalue weighted by Gasteiger charge is -2.17. The van der Waals surface area contributed by atoms with Gasteiger partial charge in [0.05, 0.1) is 10.1 Å². The van der Waals surface area contributed by atoms with Gasteiger partial charge >= 0.3 is 0 Å². The quantitative estimate of drug-likeness (QED) is 0.528. The third-order valence-corrected chi connectivity index (χ3v) is 7.44. The van der Waals surface area contributed by atoms with Gasteiger partial charge in [0.2, 0.25) is 5.91 Å². The van der Waals surface area contributed by atoms with E-state index in [1.165, 1.54) is 38.5 Å². The van der Waals surface area contributed by atoms with Gasteiger partial charge in [-0.2, -0.15) is 0 Å². The maximum absolute atomic E-state index is 12.7. The summed E-state index contributed by atoms with van der Waals surface area (Å²) >= 11 is 0. The van der Waals surface area contributed by atoms with Crippen LogP contribution in [0.5, 0.6) is 0 Å². The summed E-state index contributed by atoms with van der Waals surface area (Å²) < 4.78 is 25.3. The fourth-order valence-electron chi connectivity index (χ4n) is 3.58. The molecule has 1 atom stereocenters. The Hall–Kier alpha value is -1.36. The van der Waals surface area contributed by atoms with Gasteiger partial charge < -0.3 is 4.90 Å². The summed E-state index contributed by atoms with van der Waals surface area (Å²) in [4.78, 5) is 14.5.